The highest BCUT2D eigenvalue weighted by molar-refractivity contribution is 5.76. The molecule has 3 atom stereocenters. The summed E-state index contributed by atoms with van der Waals surface area (Å²) in [6.07, 6.45) is -2.19. The Morgan fingerprint density at radius 1 is 1.39 bits per heavy atom. The first kappa shape index (κ1) is 13.0. The summed E-state index contributed by atoms with van der Waals surface area (Å²) in [6.45, 7) is 0.708. The summed E-state index contributed by atoms with van der Waals surface area (Å²) in [6, 6.07) is 9.70. The standard InChI is InChI=1S/C13H16O5/c1-16-13(15)12-11(14)10(18-12)8-17-7-9-5-3-2-4-6-9/h2-6,10-12,14H,7-8H2,1H3/t10-,11+,12-/m0/s1. The van der Waals surface area contributed by atoms with Crippen molar-refractivity contribution in [2.45, 2.75) is 24.9 Å². The second-order valence-corrected chi connectivity index (χ2v) is 4.11. The van der Waals surface area contributed by atoms with Gasteiger partial charge >= 0.3 is 5.97 Å². The fourth-order valence-corrected chi connectivity index (χ4v) is 1.77. The Labute approximate surface area is 105 Å². The predicted octanol–water partition coefficient (Wildman–Crippen LogP) is 0.504. The number of aliphatic hydroxyl groups is 1. The van der Waals surface area contributed by atoms with E-state index in [4.69, 9.17) is 9.47 Å². The normalized spacial score (nSPS) is 26.4. The fraction of sp³-hybridized carbons (Fsp3) is 0.462. The third-order valence-corrected chi connectivity index (χ3v) is 2.84. The predicted molar refractivity (Wildman–Crippen MR) is 62.8 cm³/mol. The number of ether oxygens (including phenoxy) is 3. The molecule has 1 aromatic rings. The lowest BCUT2D eigenvalue weighted by atomic mass is 10.0. The molecule has 1 N–H and O–H groups in total. The lowest BCUT2D eigenvalue weighted by molar-refractivity contribution is -0.243. The lowest BCUT2D eigenvalue weighted by Crippen LogP contribution is -2.59. The Hall–Kier alpha value is -1.43. The maximum Gasteiger partial charge on any atom is 0.337 e. The Morgan fingerprint density at radius 3 is 2.72 bits per heavy atom. The average Bonchev–Trinajstić information content (AvgIpc) is 2.42. The van der Waals surface area contributed by atoms with Gasteiger partial charge in [-0.1, -0.05) is 30.3 Å². The number of esters is 1. The number of carbonyl (C=O) groups excluding carboxylic acids is 1. The largest absolute Gasteiger partial charge is 0.467 e. The van der Waals surface area contributed by atoms with E-state index in [9.17, 15) is 9.90 Å². The highest BCUT2D eigenvalue weighted by atomic mass is 16.6. The first-order chi connectivity index (χ1) is 8.72. The highest BCUT2D eigenvalue weighted by Crippen LogP contribution is 2.23. The Kier molecular flexibility index (Phi) is 4.30. The summed E-state index contributed by atoms with van der Waals surface area (Å²) in [5.41, 5.74) is 1.05. The van der Waals surface area contributed by atoms with Crippen molar-refractivity contribution < 1.29 is 24.1 Å². The molecule has 0 aliphatic carbocycles. The molecule has 1 fully saturated rings. The van der Waals surface area contributed by atoms with Gasteiger partial charge in [0.2, 0.25) is 0 Å². The molecule has 0 amide bonds. The average molecular weight is 252 g/mol. The molecule has 1 aliphatic heterocycles. The van der Waals surface area contributed by atoms with Crippen molar-refractivity contribution in [1.29, 1.82) is 0 Å². The molecule has 1 aliphatic rings. The van der Waals surface area contributed by atoms with E-state index >= 15 is 0 Å². The van der Waals surface area contributed by atoms with Gasteiger partial charge in [-0.05, 0) is 5.56 Å². The third-order valence-electron chi connectivity index (χ3n) is 2.84. The van der Waals surface area contributed by atoms with Crippen molar-refractivity contribution in [2.75, 3.05) is 13.7 Å². The molecule has 5 heteroatoms. The second kappa shape index (κ2) is 5.95. The number of rotatable bonds is 5. The van der Waals surface area contributed by atoms with E-state index < -0.39 is 24.3 Å². The summed E-state index contributed by atoms with van der Waals surface area (Å²) in [5.74, 6) is -0.554. The van der Waals surface area contributed by atoms with E-state index in [2.05, 4.69) is 4.74 Å². The maximum atomic E-state index is 11.1. The van der Waals surface area contributed by atoms with Crippen molar-refractivity contribution in [3.8, 4) is 0 Å². The number of benzene rings is 1. The quantitative estimate of drug-likeness (QED) is 0.773. The molecular formula is C13H16O5. The molecule has 0 aromatic heterocycles. The van der Waals surface area contributed by atoms with E-state index in [1.54, 1.807) is 0 Å². The van der Waals surface area contributed by atoms with E-state index in [1.165, 1.54) is 7.11 Å². The minimum absolute atomic E-state index is 0.254. The van der Waals surface area contributed by atoms with E-state index in [1.807, 2.05) is 30.3 Å². The van der Waals surface area contributed by atoms with Crippen molar-refractivity contribution in [1.82, 2.24) is 0 Å². The molecule has 1 heterocycles. The van der Waals surface area contributed by atoms with Crippen molar-refractivity contribution >= 4 is 5.97 Å². The topological polar surface area (TPSA) is 65.0 Å². The van der Waals surface area contributed by atoms with Gasteiger partial charge in [0.1, 0.15) is 12.2 Å². The zero-order chi connectivity index (χ0) is 13.0. The summed E-state index contributed by atoms with van der Waals surface area (Å²) in [4.78, 5) is 11.1. The monoisotopic (exact) mass is 252 g/mol. The van der Waals surface area contributed by atoms with Crippen LogP contribution < -0.4 is 0 Å². The van der Waals surface area contributed by atoms with Crippen LogP contribution in [0.5, 0.6) is 0 Å². The molecule has 0 spiro atoms. The first-order valence-corrected chi connectivity index (χ1v) is 5.75. The molecule has 98 valence electrons. The van der Waals surface area contributed by atoms with Gasteiger partial charge in [-0.2, -0.15) is 0 Å². The van der Waals surface area contributed by atoms with E-state index in [-0.39, 0.29) is 6.61 Å². The number of hydrogen-bond acceptors (Lipinski definition) is 5. The SMILES string of the molecule is COC(=O)[C@H]1O[C@@H](COCc2ccccc2)[C@H]1O. The molecule has 0 saturated carbocycles. The Bertz CT molecular complexity index is 392. The maximum absolute atomic E-state index is 11.1. The molecular weight excluding hydrogens is 236 g/mol. The van der Waals surface area contributed by atoms with Crippen LogP contribution >= 0.6 is 0 Å². The van der Waals surface area contributed by atoms with Crippen LogP contribution in [-0.4, -0.2) is 43.1 Å². The van der Waals surface area contributed by atoms with Gasteiger partial charge in [-0.25, -0.2) is 4.79 Å². The van der Waals surface area contributed by atoms with E-state index in [0.29, 0.717) is 6.61 Å². The first-order valence-electron chi connectivity index (χ1n) is 5.75. The van der Waals surface area contributed by atoms with Crippen molar-refractivity contribution in [3.05, 3.63) is 35.9 Å². The van der Waals surface area contributed by atoms with Gasteiger partial charge in [0.25, 0.3) is 0 Å². The van der Waals surface area contributed by atoms with Gasteiger partial charge in [-0.15, -0.1) is 0 Å². The number of aliphatic hydroxyl groups excluding tert-OH is 1. The van der Waals surface area contributed by atoms with Crippen LogP contribution in [0.15, 0.2) is 30.3 Å². The Morgan fingerprint density at radius 2 is 2.11 bits per heavy atom. The zero-order valence-electron chi connectivity index (χ0n) is 10.1. The lowest BCUT2D eigenvalue weighted by Gasteiger charge is -2.39. The van der Waals surface area contributed by atoms with Gasteiger partial charge < -0.3 is 19.3 Å². The summed E-state index contributed by atoms with van der Waals surface area (Å²) in [7, 11) is 1.26. The third kappa shape index (κ3) is 2.87. The molecule has 5 nitrogen and oxygen atoms in total. The van der Waals surface area contributed by atoms with Gasteiger partial charge in [0.15, 0.2) is 6.10 Å². The number of methoxy groups -OCH3 is 1. The van der Waals surface area contributed by atoms with Crippen LogP contribution in [0.1, 0.15) is 5.56 Å². The summed E-state index contributed by atoms with van der Waals surface area (Å²) >= 11 is 0. The minimum atomic E-state index is -0.875. The number of carbonyl (C=O) groups is 1. The molecule has 18 heavy (non-hydrogen) atoms. The second-order valence-electron chi connectivity index (χ2n) is 4.11. The van der Waals surface area contributed by atoms with Gasteiger partial charge in [-0.3, -0.25) is 0 Å². The molecule has 0 radical (unpaired) electrons. The van der Waals surface area contributed by atoms with Crippen LogP contribution in [0, 0.1) is 0 Å². The van der Waals surface area contributed by atoms with Crippen molar-refractivity contribution in [2.24, 2.45) is 0 Å². The zero-order valence-corrected chi connectivity index (χ0v) is 10.1. The van der Waals surface area contributed by atoms with Crippen LogP contribution in [0.4, 0.5) is 0 Å². The fourth-order valence-electron chi connectivity index (χ4n) is 1.77. The smallest absolute Gasteiger partial charge is 0.337 e. The van der Waals surface area contributed by atoms with Crippen LogP contribution in [0.3, 0.4) is 0 Å². The molecule has 0 bridgehead atoms. The molecule has 1 saturated heterocycles. The van der Waals surface area contributed by atoms with Crippen LogP contribution in [-0.2, 0) is 25.6 Å². The van der Waals surface area contributed by atoms with Crippen LogP contribution in [0.25, 0.3) is 0 Å². The Balaban J connectivity index is 1.69. The van der Waals surface area contributed by atoms with Crippen LogP contribution in [0.2, 0.25) is 0 Å². The van der Waals surface area contributed by atoms with Gasteiger partial charge in [0, 0.05) is 0 Å². The molecule has 2 rings (SSSR count). The summed E-state index contributed by atoms with van der Waals surface area (Å²) in [5, 5.41) is 9.66. The molecule has 1 aromatic carbocycles. The summed E-state index contributed by atoms with van der Waals surface area (Å²) < 4.78 is 15.1. The number of hydrogen-bond donors (Lipinski definition) is 1. The van der Waals surface area contributed by atoms with E-state index in [0.717, 1.165) is 5.56 Å². The molecule has 0 unspecified atom stereocenters. The highest BCUT2D eigenvalue weighted by Gasteiger charge is 2.46. The minimum Gasteiger partial charge on any atom is -0.467 e. The van der Waals surface area contributed by atoms with Gasteiger partial charge in [0.05, 0.1) is 20.3 Å². The van der Waals surface area contributed by atoms with Crippen molar-refractivity contribution in [3.63, 3.8) is 0 Å².